The van der Waals surface area contributed by atoms with Crippen LogP contribution in [-0.4, -0.2) is 52.6 Å². The summed E-state index contributed by atoms with van der Waals surface area (Å²) < 4.78 is 51.3. The number of carbonyl (C=O) groups excluding carboxylic acids is 1. The Morgan fingerprint density at radius 2 is 1.69 bits per heavy atom. The highest BCUT2D eigenvalue weighted by Crippen LogP contribution is 2.40. The van der Waals surface area contributed by atoms with E-state index in [-0.39, 0.29) is 18.8 Å². The van der Waals surface area contributed by atoms with Crippen LogP contribution in [0.1, 0.15) is 24.8 Å². The van der Waals surface area contributed by atoms with Gasteiger partial charge in [-0.25, -0.2) is 0 Å². The van der Waals surface area contributed by atoms with Crippen molar-refractivity contribution in [3.05, 3.63) is 48.0 Å². The van der Waals surface area contributed by atoms with E-state index in [1.807, 2.05) is 30.3 Å². The van der Waals surface area contributed by atoms with Gasteiger partial charge in [-0.2, -0.15) is 12.7 Å². The van der Waals surface area contributed by atoms with E-state index in [4.69, 9.17) is 18.9 Å². The third kappa shape index (κ3) is 5.43. The van der Waals surface area contributed by atoms with E-state index < -0.39 is 22.2 Å². The van der Waals surface area contributed by atoms with Crippen LogP contribution >= 0.6 is 0 Å². The SMILES string of the molecule is COc1cc(NS(=O)(=O)N2CCCC[C@H]2C(=O)OCc2ccccc2)cc(OC)c1OC. The molecule has 1 aliphatic heterocycles. The van der Waals surface area contributed by atoms with Crippen LogP contribution in [0.15, 0.2) is 42.5 Å². The van der Waals surface area contributed by atoms with E-state index in [2.05, 4.69) is 4.72 Å². The monoisotopic (exact) mass is 464 g/mol. The molecule has 2 aromatic rings. The normalized spacial score (nSPS) is 16.8. The van der Waals surface area contributed by atoms with Gasteiger partial charge in [-0.1, -0.05) is 30.3 Å². The molecule has 1 atom stereocenters. The molecule has 0 saturated carbocycles. The van der Waals surface area contributed by atoms with E-state index in [1.165, 1.54) is 33.5 Å². The molecule has 0 amide bonds. The lowest BCUT2D eigenvalue weighted by atomic mass is 10.1. The molecule has 0 radical (unpaired) electrons. The maximum Gasteiger partial charge on any atom is 0.324 e. The number of hydrogen-bond donors (Lipinski definition) is 1. The van der Waals surface area contributed by atoms with Crippen molar-refractivity contribution in [1.82, 2.24) is 4.31 Å². The first-order valence-corrected chi connectivity index (χ1v) is 11.6. The highest BCUT2D eigenvalue weighted by atomic mass is 32.2. The van der Waals surface area contributed by atoms with Crippen molar-refractivity contribution in [3.8, 4) is 17.2 Å². The van der Waals surface area contributed by atoms with Gasteiger partial charge in [0.1, 0.15) is 12.6 Å². The lowest BCUT2D eigenvalue weighted by Crippen LogP contribution is -2.50. The number of esters is 1. The highest BCUT2D eigenvalue weighted by molar-refractivity contribution is 7.90. The van der Waals surface area contributed by atoms with Gasteiger partial charge in [0.2, 0.25) is 5.75 Å². The number of ether oxygens (including phenoxy) is 4. The summed E-state index contributed by atoms with van der Waals surface area (Å²) in [4.78, 5) is 12.8. The lowest BCUT2D eigenvalue weighted by molar-refractivity contribution is -0.150. The van der Waals surface area contributed by atoms with Crippen molar-refractivity contribution in [3.63, 3.8) is 0 Å². The zero-order valence-corrected chi connectivity index (χ0v) is 19.2. The van der Waals surface area contributed by atoms with Crippen LogP contribution in [0, 0.1) is 0 Å². The Hall–Kier alpha value is -2.98. The van der Waals surface area contributed by atoms with Crippen LogP contribution in [-0.2, 0) is 26.3 Å². The minimum atomic E-state index is -4.05. The minimum Gasteiger partial charge on any atom is -0.493 e. The second-order valence-corrected chi connectivity index (χ2v) is 8.86. The number of anilines is 1. The number of nitrogens with zero attached hydrogens (tertiary/aromatic N) is 1. The van der Waals surface area contributed by atoms with E-state index >= 15 is 0 Å². The maximum atomic E-state index is 13.2. The summed E-state index contributed by atoms with van der Waals surface area (Å²) in [5.74, 6) is 0.395. The molecule has 10 heteroatoms. The molecule has 32 heavy (non-hydrogen) atoms. The van der Waals surface area contributed by atoms with Crippen molar-refractivity contribution >= 4 is 21.9 Å². The van der Waals surface area contributed by atoms with E-state index in [9.17, 15) is 13.2 Å². The zero-order valence-electron chi connectivity index (χ0n) is 18.4. The third-order valence-electron chi connectivity index (χ3n) is 5.17. The number of hydrogen-bond acceptors (Lipinski definition) is 7. The second-order valence-electron chi connectivity index (χ2n) is 7.24. The van der Waals surface area contributed by atoms with Gasteiger partial charge in [-0.15, -0.1) is 0 Å². The molecule has 174 valence electrons. The Labute approximate surface area is 188 Å². The Morgan fingerprint density at radius 3 is 2.28 bits per heavy atom. The van der Waals surface area contributed by atoms with Crippen LogP contribution in [0.5, 0.6) is 17.2 Å². The van der Waals surface area contributed by atoms with Gasteiger partial charge in [-0.05, 0) is 24.8 Å². The average molecular weight is 465 g/mol. The summed E-state index contributed by atoms with van der Waals surface area (Å²) >= 11 is 0. The first-order chi connectivity index (χ1) is 15.4. The Balaban J connectivity index is 1.78. The molecule has 1 N–H and O–H groups in total. The fourth-order valence-corrected chi connectivity index (χ4v) is 5.03. The number of methoxy groups -OCH3 is 3. The molecule has 1 saturated heterocycles. The van der Waals surface area contributed by atoms with Gasteiger partial charge in [-0.3, -0.25) is 9.52 Å². The van der Waals surface area contributed by atoms with E-state index in [0.717, 1.165) is 16.3 Å². The molecule has 0 unspecified atom stereocenters. The van der Waals surface area contributed by atoms with Gasteiger partial charge >= 0.3 is 16.2 Å². The predicted octanol–water partition coefficient (Wildman–Crippen LogP) is 2.97. The van der Waals surface area contributed by atoms with E-state index in [0.29, 0.717) is 30.1 Å². The summed E-state index contributed by atoms with van der Waals surface area (Å²) in [5, 5.41) is 0. The average Bonchev–Trinajstić information content (AvgIpc) is 2.82. The molecule has 3 rings (SSSR count). The fourth-order valence-electron chi connectivity index (χ4n) is 3.60. The Kier molecular flexibility index (Phi) is 7.81. The van der Waals surface area contributed by atoms with Gasteiger partial charge in [0.15, 0.2) is 11.5 Å². The first kappa shape index (κ1) is 23.7. The van der Waals surface area contributed by atoms with Crippen LogP contribution in [0.2, 0.25) is 0 Å². The number of benzene rings is 2. The van der Waals surface area contributed by atoms with Gasteiger partial charge < -0.3 is 18.9 Å². The molecule has 2 aromatic carbocycles. The quantitative estimate of drug-likeness (QED) is 0.569. The molecular formula is C22H28N2O7S. The topological polar surface area (TPSA) is 103 Å². The van der Waals surface area contributed by atoms with Crippen LogP contribution in [0.25, 0.3) is 0 Å². The van der Waals surface area contributed by atoms with Crippen molar-refractivity contribution in [2.75, 3.05) is 32.6 Å². The standard InChI is InChI=1S/C22H28N2O7S/c1-28-19-13-17(14-20(29-2)21(19)30-3)23-32(26,27)24-12-8-7-11-18(24)22(25)31-15-16-9-5-4-6-10-16/h4-6,9-10,13-14,18,23H,7-8,11-12,15H2,1-3H3/t18-/m0/s1. The number of carbonyl (C=O) groups is 1. The Morgan fingerprint density at radius 1 is 1.03 bits per heavy atom. The summed E-state index contributed by atoms with van der Waals surface area (Å²) in [5.41, 5.74) is 1.06. The molecule has 0 aromatic heterocycles. The molecule has 1 heterocycles. The molecule has 1 fully saturated rings. The summed E-state index contributed by atoms with van der Waals surface area (Å²) in [6.07, 6.45) is 1.78. The van der Waals surface area contributed by atoms with Crippen LogP contribution in [0.3, 0.4) is 0 Å². The number of rotatable bonds is 9. The smallest absolute Gasteiger partial charge is 0.324 e. The van der Waals surface area contributed by atoms with Crippen LogP contribution < -0.4 is 18.9 Å². The third-order valence-corrected chi connectivity index (χ3v) is 6.72. The largest absolute Gasteiger partial charge is 0.493 e. The van der Waals surface area contributed by atoms with Crippen molar-refractivity contribution in [2.24, 2.45) is 0 Å². The minimum absolute atomic E-state index is 0.0877. The highest BCUT2D eigenvalue weighted by Gasteiger charge is 2.38. The number of nitrogens with one attached hydrogen (secondary N) is 1. The van der Waals surface area contributed by atoms with Crippen LogP contribution in [0.4, 0.5) is 5.69 Å². The van der Waals surface area contributed by atoms with Gasteiger partial charge in [0.25, 0.3) is 0 Å². The fraction of sp³-hybridized carbons (Fsp3) is 0.409. The second kappa shape index (κ2) is 10.6. The zero-order chi connectivity index (χ0) is 23.1. The molecule has 0 spiro atoms. The van der Waals surface area contributed by atoms with E-state index in [1.54, 1.807) is 0 Å². The predicted molar refractivity (Wildman–Crippen MR) is 119 cm³/mol. The first-order valence-electron chi connectivity index (χ1n) is 10.2. The van der Waals surface area contributed by atoms with Crippen molar-refractivity contribution in [2.45, 2.75) is 31.9 Å². The summed E-state index contributed by atoms with van der Waals surface area (Å²) in [6, 6.07) is 11.3. The molecule has 0 aliphatic carbocycles. The molecule has 0 bridgehead atoms. The molecule has 9 nitrogen and oxygen atoms in total. The van der Waals surface area contributed by atoms with Crippen molar-refractivity contribution < 1.29 is 32.2 Å². The Bertz CT molecular complexity index is 1000. The maximum absolute atomic E-state index is 13.2. The lowest BCUT2D eigenvalue weighted by Gasteiger charge is -2.33. The molecule has 1 aliphatic rings. The van der Waals surface area contributed by atoms with Gasteiger partial charge in [0, 0.05) is 18.7 Å². The number of piperidine rings is 1. The summed E-state index contributed by atoms with van der Waals surface area (Å²) in [6.45, 7) is 0.301. The van der Waals surface area contributed by atoms with Crippen molar-refractivity contribution in [1.29, 1.82) is 0 Å². The summed E-state index contributed by atoms with van der Waals surface area (Å²) in [7, 11) is 0.296. The molecular weight excluding hydrogens is 436 g/mol. The van der Waals surface area contributed by atoms with Gasteiger partial charge in [0.05, 0.1) is 27.0 Å².